The van der Waals surface area contributed by atoms with Crippen molar-refractivity contribution in [2.75, 3.05) is 18.5 Å². The Balaban J connectivity index is 1.57. The molecule has 3 rings (SSSR count). The molecule has 2 aliphatic rings. The number of ether oxygens (including phenoxy) is 1. The Labute approximate surface area is 127 Å². The molecule has 1 heterocycles. The molecule has 7 heteroatoms. The zero-order valence-corrected chi connectivity index (χ0v) is 12.8. The number of rotatable bonds is 6. The molecule has 0 radical (unpaired) electrons. The van der Waals surface area contributed by atoms with Crippen molar-refractivity contribution < 1.29 is 14.3 Å². The van der Waals surface area contributed by atoms with E-state index >= 15 is 0 Å². The third kappa shape index (κ3) is 3.34. The van der Waals surface area contributed by atoms with Gasteiger partial charge in [0.1, 0.15) is 5.92 Å². The highest BCUT2D eigenvalue weighted by Gasteiger charge is 2.33. The summed E-state index contributed by atoms with van der Waals surface area (Å²) in [6, 6.07) is 0.369. The molecule has 2 aliphatic carbocycles. The topological polar surface area (TPSA) is 80.3 Å². The van der Waals surface area contributed by atoms with Crippen molar-refractivity contribution in [2.45, 2.75) is 44.6 Å². The number of nitrogens with zero attached hydrogens (tertiary/aromatic N) is 1. The van der Waals surface area contributed by atoms with E-state index < -0.39 is 0 Å². The number of amides is 1. The molecule has 0 spiro atoms. The van der Waals surface area contributed by atoms with Crippen molar-refractivity contribution >= 4 is 28.3 Å². The molecule has 1 aromatic heterocycles. The summed E-state index contributed by atoms with van der Waals surface area (Å²) in [5.74, 6) is -0.443. The third-order valence-electron chi connectivity index (χ3n) is 3.63. The van der Waals surface area contributed by atoms with Crippen LogP contribution in [0.2, 0.25) is 0 Å². The lowest BCUT2D eigenvalue weighted by molar-refractivity contribution is -0.145. The molecule has 1 atom stereocenters. The van der Waals surface area contributed by atoms with Crippen LogP contribution in [0, 0.1) is 0 Å². The van der Waals surface area contributed by atoms with Gasteiger partial charge in [-0.05, 0) is 32.6 Å². The van der Waals surface area contributed by atoms with Crippen LogP contribution in [0.25, 0.3) is 0 Å². The van der Waals surface area contributed by atoms with Crippen LogP contribution in [0.5, 0.6) is 0 Å². The van der Waals surface area contributed by atoms with Gasteiger partial charge in [0.15, 0.2) is 5.13 Å². The van der Waals surface area contributed by atoms with E-state index in [0.717, 1.165) is 36.3 Å². The molecule has 0 saturated heterocycles. The normalized spacial score (nSPS) is 20.0. The number of thiazole rings is 1. The number of carbonyl (C=O) groups excluding carboxylic acids is 2. The standard InChI is InChI=1S/C14H19N3O3S/c1-2-20-13(19)9-5-6-10-12(9)17-14(21-10)15-7-11(18)16-8-3-4-8/h8-9H,2-7H2,1H3,(H,15,17)(H,16,18). The van der Waals surface area contributed by atoms with Crippen molar-refractivity contribution in [2.24, 2.45) is 0 Å². The Morgan fingerprint density at radius 2 is 2.19 bits per heavy atom. The summed E-state index contributed by atoms with van der Waals surface area (Å²) in [5, 5.41) is 6.67. The summed E-state index contributed by atoms with van der Waals surface area (Å²) < 4.78 is 5.08. The van der Waals surface area contributed by atoms with Gasteiger partial charge in [0.2, 0.25) is 5.91 Å². The second-order valence-electron chi connectivity index (χ2n) is 5.37. The molecule has 1 aromatic rings. The molecule has 0 aromatic carbocycles. The number of carbonyl (C=O) groups is 2. The maximum atomic E-state index is 11.9. The van der Waals surface area contributed by atoms with Crippen LogP contribution in [-0.4, -0.2) is 36.1 Å². The first kappa shape index (κ1) is 14.3. The summed E-state index contributed by atoms with van der Waals surface area (Å²) in [4.78, 5) is 29.1. The van der Waals surface area contributed by atoms with Crippen molar-refractivity contribution in [3.05, 3.63) is 10.6 Å². The van der Waals surface area contributed by atoms with Crippen LogP contribution in [0.1, 0.15) is 42.7 Å². The van der Waals surface area contributed by atoms with Crippen molar-refractivity contribution in [3.63, 3.8) is 0 Å². The van der Waals surface area contributed by atoms with Crippen LogP contribution >= 0.6 is 11.3 Å². The van der Waals surface area contributed by atoms with Gasteiger partial charge < -0.3 is 15.4 Å². The molecule has 1 unspecified atom stereocenters. The maximum Gasteiger partial charge on any atom is 0.315 e. The molecule has 1 saturated carbocycles. The SMILES string of the molecule is CCOC(=O)C1CCc2sc(NCC(=O)NC3CC3)nc21. The number of aromatic nitrogens is 1. The molecule has 0 aliphatic heterocycles. The average molecular weight is 309 g/mol. The van der Waals surface area contributed by atoms with Gasteiger partial charge in [-0.3, -0.25) is 9.59 Å². The fraction of sp³-hybridized carbons (Fsp3) is 0.643. The highest BCUT2D eigenvalue weighted by Crippen LogP contribution is 2.38. The first-order chi connectivity index (χ1) is 10.2. The number of hydrogen-bond donors (Lipinski definition) is 2. The van der Waals surface area contributed by atoms with Crippen LogP contribution in [0.3, 0.4) is 0 Å². The van der Waals surface area contributed by atoms with E-state index in [1.807, 2.05) is 0 Å². The summed E-state index contributed by atoms with van der Waals surface area (Å²) in [6.45, 7) is 2.43. The van der Waals surface area contributed by atoms with Gasteiger partial charge in [-0.2, -0.15) is 0 Å². The molecule has 0 bridgehead atoms. The number of anilines is 1. The molecule has 21 heavy (non-hydrogen) atoms. The zero-order valence-electron chi connectivity index (χ0n) is 12.0. The molecule has 1 amide bonds. The van der Waals surface area contributed by atoms with E-state index in [0.29, 0.717) is 17.8 Å². The van der Waals surface area contributed by atoms with Crippen molar-refractivity contribution in [1.29, 1.82) is 0 Å². The fourth-order valence-electron chi connectivity index (χ4n) is 2.44. The number of fused-ring (bicyclic) bond motifs is 1. The van der Waals surface area contributed by atoms with Gasteiger partial charge in [0, 0.05) is 10.9 Å². The lowest BCUT2D eigenvalue weighted by atomic mass is 10.1. The monoisotopic (exact) mass is 309 g/mol. The van der Waals surface area contributed by atoms with E-state index in [1.54, 1.807) is 6.92 Å². The molecular weight excluding hydrogens is 290 g/mol. The van der Waals surface area contributed by atoms with Crippen LogP contribution in [0.15, 0.2) is 0 Å². The number of esters is 1. The van der Waals surface area contributed by atoms with E-state index in [1.165, 1.54) is 11.3 Å². The molecule has 1 fully saturated rings. The van der Waals surface area contributed by atoms with Crippen LogP contribution in [-0.2, 0) is 20.7 Å². The third-order valence-corrected chi connectivity index (χ3v) is 4.72. The highest BCUT2D eigenvalue weighted by molar-refractivity contribution is 7.15. The molecule has 114 valence electrons. The smallest absolute Gasteiger partial charge is 0.315 e. The Hall–Kier alpha value is -1.63. The summed E-state index contributed by atoms with van der Waals surface area (Å²) in [5.41, 5.74) is 0.823. The largest absolute Gasteiger partial charge is 0.465 e. The Morgan fingerprint density at radius 3 is 2.90 bits per heavy atom. The summed E-state index contributed by atoms with van der Waals surface area (Å²) >= 11 is 1.53. The van der Waals surface area contributed by atoms with E-state index in [-0.39, 0.29) is 24.3 Å². The van der Waals surface area contributed by atoms with Gasteiger partial charge in [0.05, 0.1) is 18.8 Å². The predicted molar refractivity (Wildman–Crippen MR) is 79.5 cm³/mol. The lowest BCUT2D eigenvalue weighted by Gasteiger charge is -2.08. The fourth-order valence-corrected chi connectivity index (χ4v) is 3.47. The quantitative estimate of drug-likeness (QED) is 0.777. The zero-order chi connectivity index (χ0) is 14.8. The van der Waals surface area contributed by atoms with Gasteiger partial charge in [-0.15, -0.1) is 11.3 Å². The van der Waals surface area contributed by atoms with Crippen molar-refractivity contribution in [3.8, 4) is 0 Å². The van der Waals surface area contributed by atoms with Gasteiger partial charge >= 0.3 is 5.97 Å². The Bertz CT molecular complexity index is 554. The van der Waals surface area contributed by atoms with Crippen molar-refractivity contribution in [1.82, 2.24) is 10.3 Å². The van der Waals surface area contributed by atoms with E-state index in [9.17, 15) is 9.59 Å². The van der Waals surface area contributed by atoms with E-state index in [2.05, 4.69) is 15.6 Å². The van der Waals surface area contributed by atoms with Gasteiger partial charge in [-0.1, -0.05) is 0 Å². The first-order valence-electron chi connectivity index (χ1n) is 7.37. The average Bonchev–Trinajstić information content (AvgIpc) is 3.02. The lowest BCUT2D eigenvalue weighted by Crippen LogP contribution is -2.31. The minimum atomic E-state index is -0.243. The number of aryl methyl sites for hydroxylation is 1. The maximum absolute atomic E-state index is 11.9. The Morgan fingerprint density at radius 1 is 1.38 bits per heavy atom. The second-order valence-corrected chi connectivity index (χ2v) is 6.45. The Kier molecular flexibility index (Phi) is 4.10. The molecule has 6 nitrogen and oxygen atoms in total. The number of hydrogen-bond acceptors (Lipinski definition) is 6. The van der Waals surface area contributed by atoms with Gasteiger partial charge in [-0.25, -0.2) is 4.98 Å². The second kappa shape index (κ2) is 6.01. The number of nitrogens with one attached hydrogen (secondary N) is 2. The first-order valence-corrected chi connectivity index (χ1v) is 8.18. The summed E-state index contributed by atoms with van der Waals surface area (Å²) in [6.07, 6.45) is 3.79. The molecule has 2 N–H and O–H groups in total. The minimum absolute atomic E-state index is 0.00481. The van der Waals surface area contributed by atoms with Gasteiger partial charge in [0.25, 0.3) is 0 Å². The van der Waals surface area contributed by atoms with Crippen LogP contribution in [0.4, 0.5) is 5.13 Å². The minimum Gasteiger partial charge on any atom is -0.465 e. The van der Waals surface area contributed by atoms with Crippen LogP contribution < -0.4 is 10.6 Å². The predicted octanol–water partition coefficient (Wildman–Crippen LogP) is 1.43. The highest BCUT2D eigenvalue weighted by atomic mass is 32.1. The van der Waals surface area contributed by atoms with E-state index in [4.69, 9.17) is 4.74 Å². The summed E-state index contributed by atoms with van der Waals surface area (Å²) in [7, 11) is 0. The molecular formula is C14H19N3O3S.